The number of halogens is 3. The molecule has 0 radical (unpaired) electrons. The van der Waals surface area contributed by atoms with Crippen molar-refractivity contribution in [2.75, 3.05) is 32.4 Å². The molecule has 1 atom stereocenters. The van der Waals surface area contributed by atoms with Crippen LogP contribution in [-0.4, -0.2) is 43.2 Å². The fourth-order valence-electron chi connectivity index (χ4n) is 2.75. The van der Waals surface area contributed by atoms with Gasteiger partial charge in [0.05, 0.1) is 11.3 Å². The highest BCUT2D eigenvalue weighted by molar-refractivity contribution is 8.00. The van der Waals surface area contributed by atoms with E-state index in [1.54, 1.807) is 6.07 Å². The second-order valence-electron chi connectivity index (χ2n) is 5.72. The normalized spacial score (nSPS) is 19.0. The van der Waals surface area contributed by atoms with Gasteiger partial charge in [0.25, 0.3) is 0 Å². The Labute approximate surface area is 138 Å². The van der Waals surface area contributed by atoms with Gasteiger partial charge in [-0.15, -0.1) is 11.8 Å². The Balaban J connectivity index is 1.89. The maximum absolute atomic E-state index is 12.7. The van der Waals surface area contributed by atoms with Crippen molar-refractivity contribution in [1.29, 1.82) is 0 Å². The second-order valence-corrected chi connectivity index (χ2v) is 6.77. The zero-order chi connectivity index (χ0) is 16.9. The van der Waals surface area contributed by atoms with E-state index in [4.69, 9.17) is 0 Å². The summed E-state index contributed by atoms with van der Waals surface area (Å²) < 4.78 is 38.0. The van der Waals surface area contributed by atoms with Gasteiger partial charge in [-0.05, 0) is 50.6 Å². The zero-order valence-electron chi connectivity index (χ0n) is 13.0. The van der Waals surface area contributed by atoms with Gasteiger partial charge in [0.1, 0.15) is 0 Å². The fourth-order valence-corrected chi connectivity index (χ4v) is 3.60. The molecule has 1 fully saturated rings. The molecule has 0 saturated carbocycles. The highest BCUT2D eigenvalue weighted by Crippen LogP contribution is 2.32. The van der Waals surface area contributed by atoms with Gasteiger partial charge in [-0.25, -0.2) is 0 Å². The molecule has 1 saturated heterocycles. The van der Waals surface area contributed by atoms with E-state index in [0.717, 1.165) is 56.4 Å². The lowest BCUT2D eigenvalue weighted by atomic mass is 9.98. The summed E-state index contributed by atoms with van der Waals surface area (Å²) in [6, 6.07) is 5.11. The average molecular weight is 346 g/mol. The third-order valence-corrected chi connectivity index (χ3v) is 4.87. The number of alkyl halides is 3. The molecule has 23 heavy (non-hydrogen) atoms. The Morgan fingerprint density at radius 3 is 2.91 bits per heavy atom. The van der Waals surface area contributed by atoms with Crippen LogP contribution in [0.25, 0.3) is 0 Å². The van der Waals surface area contributed by atoms with E-state index < -0.39 is 11.7 Å². The summed E-state index contributed by atoms with van der Waals surface area (Å²) in [7, 11) is 1.89. The summed E-state index contributed by atoms with van der Waals surface area (Å²) in [5.74, 6) is 0.623. The third kappa shape index (κ3) is 5.42. The predicted molar refractivity (Wildman–Crippen MR) is 85.4 cm³/mol. The van der Waals surface area contributed by atoms with Crippen LogP contribution in [0.2, 0.25) is 0 Å². The van der Waals surface area contributed by atoms with Crippen LogP contribution in [0.4, 0.5) is 13.2 Å². The molecule has 1 aromatic carbocycles. The molecule has 1 aliphatic rings. The first-order valence-electron chi connectivity index (χ1n) is 7.62. The predicted octanol–water partition coefficient (Wildman–Crippen LogP) is 3.26. The number of nitrogens with one attached hydrogen (secondary N) is 1. The number of carbonyl (C=O) groups is 1. The zero-order valence-corrected chi connectivity index (χ0v) is 13.8. The first-order valence-corrected chi connectivity index (χ1v) is 8.61. The lowest BCUT2D eigenvalue weighted by Crippen LogP contribution is -2.43. The summed E-state index contributed by atoms with van der Waals surface area (Å²) in [5.41, 5.74) is -0.679. The summed E-state index contributed by atoms with van der Waals surface area (Å²) in [5, 5.41) is 3.13. The van der Waals surface area contributed by atoms with Crippen molar-refractivity contribution in [1.82, 2.24) is 10.2 Å². The maximum Gasteiger partial charge on any atom is 0.416 e. The van der Waals surface area contributed by atoms with Crippen molar-refractivity contribution in [2.24, 2.45) is 5.92 Å². The second kappa shape index (κ2) is 8.06. The van der Waals surface area contributed by atoms with E-state index >= 15 is 0 Å². The molecule has 0 aromatic heterocycles. The van der Waals surface area contributed by atoms with Crippen molar-refractivity contribution >= 4 is 17.7 Å². The SMILES string of the molecule is CNCC1CCCN(C(=O)CSc2cccc(C(F)(F)F)c2)C1. The lowest BCUT2D eigenvalue weighted by molar-refractivity contribution is -0.137. The van der Waals surface area contributed by atoms with Gasteiger partial charge in [0, 0.05) is 18.0 Å². The lowest BCUT2D eigenvalue weighted by Gasteiger charge is -2.32. The summed E-state index contributed by atoms with van der Waals surface area (Å²) in [4.78, 5) is 14.6. The maximum atomic E-state index is 12.7. The number of amides is 1. The minimum absolute atomic E-state index is 0.00628. The van der Waals surface area contributed by atoms with Crippen LogP contribution >= 0.6 is 11.8 Å². The van der Waals surface area contributed by atoms with Gasteiger partial charge in [-0.1, -0.05) is 6.07 Å². The monoisotopic (exact) mass is 346 g/mol. The van der Waals surface area contributed by atoms with Gasteiger partial charge in [0.2, 0.25) is 5.91 Å². The molecule has 1 amide bonds. The summed E-state index contributed by atoms with van der Waals surface area (Å²) in [6.07, 6.45) is -2.27. The Bertz CT molecular complexity index is 534. The van der Waals surface area contributed by atoms with E-state index in [1.807, 2.05) is 11.9 Å². The van der Waals surface area contributed by atoms with Crippen molar-refractivity contribution in [3.63, 3.8) is 0 Å². The van der Waals surface area contributed by atoms with E-state index in [9.17, 15) is 18.0 Å². The number of benzene rings is 1. The van der Waals surface area contributed by atoms with Gasteiger partial charge < -0.3 is 10.2 Å². The number of nitrogens with zero attached hydrogens (tertiary/aromatic N) is 1. The highest BCUT2D eigenvalue weighted by Gasteiger charge is 2.30. The van der Waals surface area contributed by atoms with E-state index in [-0.39, 0.29) is 11.7 Å². The van der Waals surface area contributed by atoms with Crippen LogP contribution < -0.4 is 5.32 Å². The van der Waals surface area contributed by atoms with Gasteiger partial charge in [-0.2, -0.15) is 13.2 Å². The van der Waals surface area contributed by atoms with Crippen LogP contribution in [0.3, 0.4) is 0 Å². The fraction of sp³-hybridized carbons (Fsp3) is 0.562. The van der Waals surface area contributed by atoms with Crippen LogP contribution in [0.15, 0.2) is 29.2 Å². The molecule has 2 rings (SSSR count). The molecule has 3 nitrogen and oxygen atoms in total. The largest absolute Gasteiger partial charge is 0.416 e. The molecule has 0 aliphatic carbocycles. The topological polar surface area (TPSA) is 32.3 Å². The molecule has 0 bridgehead atoms. The standard InChI is InChI=1S/C16H21F3N2OS/c1-20-9-12-4-3-7-21(10-12)15(22)11-23-14-6-2-5-13(8-14)16(17,18)19/h2,5-6,8,12,20H,3-4,7,9-11H2,1H3. The number of thioether (sulfide) groups is 1. The first-order chi connectivity index (χ1) is 10.9. The smallest absolute Gasteiger partial charge is 0.342 e. The molecule has 1 aromatic rings. The molecule has 1 aliphatic heterocycles. The van der Waals surface area contributed by atoms with Gasteiger partial charge in [0.15, 0.2) is 0 Å². The van der Waals surface area contributed by atoms with Gasteiger partial charge >= 0.3 is 6.18 Å². The molecular formula is C16H21F3N2OS. The molecule has 1 heterocycles. The third-order valence-electron chi connectivity index (χ3n) is 3.89. The Morgan fingerprint density at radius 2 is 2.22 bits per heavy atom. The van der Waals surface area contributed by atoms with E-state index in [1.165, 1.54) is 6.07 Å². The van der Waals surface area contributed by atoms with Gasteiger partial charge in [-0.3, -0.25) is 4.79 Å². The molecular weight excluding hydrogens is 325 g/mol. The summed E-state index contributed by atoms with van der Waals surface area (Å²) >= 11 is 1.16. The first kappa shape index (κ1) is 18.1. The molecule has 128 valence electrons. The molecule has 7 heteroatoms. The molecule has 1 N–H and O–H groups in total. The summed E-state index contributed by atoms with van der Waals surface area (Å²) in [6.45, 7) is 2.34. The highest BCUT2D eigenvalue weighted by atomic mass is 32.2. The Hall–Kier alpha value is -1.21. The quantitative estimate of drug-likeness (QED) is 0.831. The van der Waals surface area contributed by atoms with Crippen LogP contribution in [0, 0.1) is 5.92 Å². The van der Waals surface area contributed by atoms with Crippen molar-refractivity contribution in [2.45, 2.75) is 23.9 Å². The Morgan fingerprint density at radius 1 is 1.43 bits per heavy atom. The van der Waals surface area contributed by atoms with Crippen LogP contribution in [0.1, 0.15) is 18.4 Å². The minimum Gasteiger partial charge on any atom is -0.342 e. The molecule has 0 spiro atoms. The average Bonchev–Trinajstić information content (AvgIpc) is 2.53. The van der Waals surface area contributed by atoms with Crippen LogP contribution in [-0.2, 0) is 11.0 Å². The van der Waals surface area contributed by atoms with E-state index in [2.05, 4.69) is 5.32 Å². The number of hydrogen-bond acceptors (Lipinski definition) is 3. The van der Waals surface area contributed by atoms with Crippen molar-refractivity contribution in [3.05, 3.63) is 29.8 Å². The van der Waals surface area contributed by atoms with Crippen LogP contribution in [0.5, 0.6) is 0 Å². The number of piperidine rings is 1. The Kier molecular flexibility index (Phi) is 6.35. The number of likely N-dealkylation sites (tertiary alicyclic amines) is 1. The van der Waals surface area contributed by atoms with E-state index in [0.29, 0.717) is 10.8 Å². The number of rotatable bonds is 5. The number of carbonyl (C=O) groups excluding carboxylic acids is 1. The number of hydrogen-bond donors (Lipinski definition) is 1. The minimum atomic E-state index is -4.35. The van der Waals surface area contributed by atoms with Crippen molar-refractivity contribution in [3.8, 4) is 0 Å². The molecule has 1 unspecified atom stereocenters. The van der Waals surface area contributed by atoms with Crippen molar-refractivity contribution < 1.29 is 18.0 Å².